The van der Waals surface area contributed by atoms with E-state index < -0.39 is 15.9 Å². The lowest BCUT2D eigenvalue weighted by Gasteiger charge is -2.12. The Balaban J connectivity index is 1.76. The van der Waals surface area contributed by atoms with Crippen LogP contribution in [0.2, 0.25) is 0 Å². The van der Waals surface area contributed by atoms with Crippen LogP contribution < -0.4 is 10.1 Å². The van der Waals surface area contributed by atoms with Crippen molar-refractivity contribution in [3.05, 3.63) is 93.5 Å². The maximum Gasteiger partial charge on any atom is 0.271 e. The Morgan fingerprint density at radius 3 is 2.50 bits per heavy atom. The van der Waals surface area contributed by atoms with Crippen LogP contribution >= 0.6 is 15.9 Å². The molecule has 1 amide bonds. The van der Waals surface area contributed by atoms with Gasteiger partial charge in [0.1, 0.15) is 0 Å². The molecule has 6 nitrogen and oxygen atoms in total. The molecule has 0 aliphatic rings. The predicted molar refractivity (Wildman–Crippen MR) is 122 cm³/mol. The van der Waals surface area contributed by atoms with Gasteiger partial charge in [-0.3, -0.25) is 9.52 Å². The first-order valence-corrected chi connectivity index (χ1v) is 11.3. The number of nitrogens with zero attached hydrogens (tertiary/aromatic N) is 1. The molecule has 3 aromatic rings. The van der Waals surface area contributed by atoms with E-state index in [0.29, 0.717) is 5.69 Å². The van der Waals surface area contributed by atoms with Gasteiger partial charge in [-0.1, -0.05) is 57.9 Å². The average Bonchev–Trinajstić information content (AvgIpc) is 2.71. The maximum absolute atomic E-state index is 12.8. The standard InChI is InChI=1S/C22H20BrN3O3S/c1-15-10-11-21(16(2)12-15)26-30(28,29)19-8-5-7-17(13-19)22(27)25-24-14-18-6-3-4-9-20(18)23/h3-14,26H,1-2H3,(H,25,27)/b24-14-. The third-order valence-electron chi connectivity index (χ3n) is 4.31. The van der Waals surface area contributed by atoms with Crippen LogP contribution in [0.1, 0.15) is 27.0 Å². The van der Waals surface area contributed by atoms with Crippen LogP contribution in [0.4, 0.5) is 5.69 Å². The van der Waals surface area contributed by atoms with Crippen LogP contribution in [0.5, 0.6) is 0 Å². The molecule has 0 saturated carbocycles. The fourth-order valence-corrected chi connectivity index (χ4v) is 4.30. The number of rotatable bonds is 6. The Hall–Kier alpha value is -2.97. The van der Waals surface area contributed by atoms with Crippen molar-refractivity contribution >= 4 is 43.8 Å². The molecule has 0 heterocycles. The Morgan fingerprint density at radius 1 is 1.00 bits per heavy atom. The first kappa shape index (κ1) is 21.7. The summed E-state index contributed by atoms with van der Waals surface area (Å²) in [6.45, 7) is 3.77. The highest BCUT2D eigenvalue weighted by Crippen LogP contribution is 2.21. The average molecular weight is 486 g/mol. The molecular weight excluding hydrogens is 466 g/mol. The topological polar surface area (TPSA) is 87.6 Å². The number of amides is 1. The van der Waals surface area contributed by atoms with Crippen molar-refractivity contribution < 1.29 is 13.2 Å². The van der Waals surface area contributed by atoms with Crippen LogP contribution in [-0.2, 0) is 10.0 Å². The zero-order valence-electron chi connectivity index (χ0n) is 16.4. The van der Waals surface area contributed by atoms with Gasteiger partial charge in [0.15, 0.2) is 0 Å². The Labute approximate surface area is 184 Å². The van der Waals surface area contributed by atoms with Gasteiger partial charge in [-0.15, -0.1) is 0 Å². The first-order chi connectivity index (χ1) is 14.3. The highest BCUT2D eigenvalue weighted by molar-refractivity contribution is 9.10. The van der Waals surface area contributed by atoms with E-state index in [2.05, 4.69) is 31.2 Å². The van der Waals surface area contributed by atoms with Crippen molar-refractivity contribution in [3.8, 4) is 0 Å². The predicted octanol–water partition coefficient (Wildman–Crippen LogP) is 4.63. The van der Waals surface area contributed by atoms with Crippen molar-refractivity contribution in [1.82, 2.24) is 5.43 Å². The molecule has 0 radical (unpaired) electrons. The number of sulfonamides is 1. The second-order valence-electron chi connectivity index (χ2n) is 6.67. The number of benzene rings is 3. The second kappa shape index (κ2) is 9.23. The molecule has 0 aliphatic heterocycles. The number of hydrogen-bond donors (Lipinski definition) is 2. The summed E-state index contributed by atoms with van der Waals surface area (Å²) in [6.07, 6.45) is 1.50. The Kier molecular flexibility index (Phi) is 6.69. The number of carbonyl (C=O) groups excluding carboxylic acids is 1. The summed E-state index contributed by atoms with van der Waals surface area (Å²) in [5, 5.41) is 3.94. The number of hydrazone groups is 1. The SMILES string of the molecule is Cc1ccc(NS(=O)(=O)c2cccc(C(=O)N/N=C\c3ccccc3Br)c2)c(C)c1. The summed E-state index contributed by atoms with van der Waals surface area (Å²) in [7, 11) is -3.85. The van der Waals surface area contributed by atoms with Gasteiger partial charge in [0.05, 0.1) is 16.8 Å². The van der Waals surface area contributed by atoms with Crippen LogP contribution in [0, 0.1) is 13.8 Å². The number of aryl methyl sites for hydroxylation is 2. The summed E-state index contributed by atoms with van der Waals surface area (Å²) < 4.78 is 29.0. The smallest absolute Gasteiger partial charge is 0.271 e. The lowest BCUT2D eigenvalue weighted by Crippen LogP contribution is -2.19. The van der Waals surface area contributed by atoms with E-state index in [1.807, 2.05) is 50.2 Å². The molecule has 8 heteroatoms. The molecule has 0 saturated heterocycles. The molecule has 0 aromatic heterocycles. The summed E-state index contributed by atoms with van der Waals surface area (Å²) >= 11 is 3.40. The molecule has 2 N–H and O–H groups in total. The Bertz CT molecular complexity index is 1220. The number of nitrogens with one attached hydrogen (secondary N) is 2. The van der Waals surface area contributed by atoms with Crippen molar-refractivity contribution in [1.29, 1.82) is 0 Å². The van der Waals surface area contributed by atoms with Gasteiger partial charge in [0.25, 0.3) is 15.9 Å². The lowest BCUT2D eigenvalue weighted by atomic mass is 10.1. The number of anilines is 1. The zero-order valence-corrected chi connectivity index (χ0v) is 18.8. The normalized spacial score (nSPS) is 11.4. The molecule has 3 aromatic carbocycles. The van der Waals surface area contributed by atoms with E-state index in [1.54, 1.807) is 6.07 Å². The number of hydrogen-bond acceptors (Lipinski definition) is 4. The van der Waals surface area contributed by atoms with Gasteiger partial charge in [-0.2, -0.15) is 5.10 Å². The molecule has 30 heavy (non-hydrogen) atoms. The maximum atomic E-state index is 12.8. The monoisotopic (exact) mass is 485 g/mol. The molecule has 3 rings (SSSR count). The van der Waals surface area contributed by atoms with E-state index in [4.69, 9.17) is 0 Å². The first-order valence-electron chi connectivity index (χ1n) is 9.04. The van der Waals surface area contributed by atoms with E-state index in [0.717, 1.165) is 21.2 Å². The quantitative estimate of drug-likeness (QED) is 0.394. The highest BCUT2D eigenvalue weighted by atomic mass is 79.9. The van der Waals surface area contributed by atoms with Gasteiger partial charge in [0.2, 0.25) is 0 Å². The third kappa shape index (κ3) is 5.34. The molecule has 0 atom stereocenters. The third-order valence-corrected chi connectivity index (χ3v) is 6.39. The Morgan fingerprint density at radius 2 is 1.77 bits per heavy atom. The number of carbonyl (C=O) groups is 1. The fourth-order valence-electron chi connectivity index (χ4n) is 2.74. The minimum Gasteiger partial charge on any atom is -0.279 e. The molecule has 0 unspecified atom stereocenters. The molecular formula is C22H20BrN3O3S. The van der Waals surface area contributed by atoms with Crippen LogP contribution in [0.15, 0.2) is 81.2 Å². The van der Waals surface area contributed by atoms with Crippen LogP contribution in [0.25, 0.3) is 0 Å². The molecule has 0 aliphatic carbocycles. The minimum absolute atomic E-state index is 0.00934. The van der Waals surface area contributed by atoms with E-state index >= 15 is 0 Å². The largest absolute Gasteiger partial charge is 0.279 e. The lowest BCUT2D eigenvalue weighted by molar-refractivity contribution is 0.0955. The van der Waals surface area contributed by atoms with Gasteiger partial charge in [0, 0.05) is 15.6 Å². The highest BCUT2D eigenvalue weighted by Gasteiger charge is 2.17. The fraction of sp³-hybridized carbons (Fsp3) is 0.0909. The zero-order chi connectivity index (χ0) is 21.7. The summed E-state index contributed by atoms with van der Waals surface area (Å²) in [5.74, 6) is -0.512. The van der Waals surface area contributed by atoms with Crippen molar-refractivity contribution in [2.24, 2.45) is 5.10 Å². The van der Waals surface area contributed by atoms with Gasteiger partial charge in [-0.25, -0.2) is 13.8 Å². The van der Waals surface area contributed by atoms with Gasteiger partial charge >= 0.3 is 0 Å². The second-order valence-corrected chi connectivity index (χ2v) is 9.21. The van der Waals surface area contributed by atoms with Crippen LogP contribution in [0.3, 0.4) is 0 Å². The van der Waals surface area contributed by atoms with Gasteiger partial charge < -0.3 is 0 Å². The molecule has 0 bridgehead atoms. The van der Waals surface area contributed by atoms with E-state index in [-0.39, 0.29) is 10.5 Å². The van der Waals surface area contributed by atoms with Crippen LogP contribution in [-0.4, -0.2) is 20.5 Å². The molecule has 154 valence electrons. The number of halogens is 1. The molecule has 0 fully saturated rings. The minimum atomic E-state index is -3.85. The van der Waals surface area contributed by atoms with Crippen molar-refractivity contribution in [2.45, 2.75) is 18.7 Å². The van der Waals surface area contributed by atoms with Crippen molar-refractivity contribution in [2.75, 3.05) is 4.72 Å². The summed E-state index contributed by atoms with van der Waals surface area (Å²) in [6, 6.07) is 18.7. The van der Waals surface area contributed by atoms with Crippen molar-refractivity contribution in [3.63, 3.8) is 0 Å². The summed E-state index contributed by atoms with van der Waals surface area (Å²) in [5.41, 5.74) is 5.74. The summed E-state index contributed by atoms with van der Waals surface area (Å²) in [4.78, 5) is 12.4. The van der Waals surface area contributed by atoms with E-state index in [1.165, 1.54) is 30.5 Å². The van der Waals surface area contributed by atoms with E-state index in [9.17, 15) is 13.2 Å². The van der Waals surface area contributed by atoms with Gasteiger partial charge in [-0.05, 0) is 49.7 Å². The molecule has 0 spiro atoms.